The summed E-state index contributed by atoms with van der Waals surface area (Å²) in [6, 6.07) is 9.95. The van der Waals surface area contributed by atoms with Crippen LogP contribution in [0.25, 0.3) is 0 Å². The molecule has 0 unspecified atom stereocenters. The number of nitrogens with zero attached hydrogens (tertiary/aromatic N) is 1. The molecule has 0 aliphatic carbocycles. The Morgan fingerprint density at radius 1 is 1.19 bits per heavy atom. The maximum Gasteiger partial charge on any atom is 0.353 e. The van der Waals surface area contributed by atoms with Crippen molar-refractivity contribution in [1.29, 1.82) is 0 Å². The smallest absolute Gasteiger partial charge is 0.353 e. The second-order valence-corrected chi connectivity index (χ2v) is 7.17. The van der Waals surface area contributed by atoms with Gasteiger partial charge in [-0.15, -0.1) is 11.3 Å². The Morgan fingerprint density at radius 3 is 2.59 bits per heavy atom. The van der Waals surface area contributed by atoms with E-state index in [0.29, 0.717) is 32.6 Å². The van der Waals surface area contributed by atoms with E-state index in [9.17, 15) is 9.59 Å². The molecule has 1 aromatic carbocycles. The quantitative estimate of drug-likeness (QED) is 0.478. The minimum absolute atomic E-state index is 0.356. The van der Waals surface area contributed by atoms with Crippen molar-refractivity contribution in [1.82, 2.24) is 10.2 Å². The molecular formula is C19H18N2O4S2. The summed E-state index contributed by atoms with van der Waals surface area (Å²) in [5.41, 5.74) is 1.71. The predicted molar refractivity (Wildman–Crippen MR) is 107 cm³/mol. The summed E-state index contributed by atoms with van der Waals surface area (Å²) in [6.07, 6.45) is 0. The molecule has 0 saturated carbocycles. The van der Waals surface area contributed by atoms with Gasteiger partial charge in [-0.05, 0) is 36.7 Å². The van der Waals surface area contributed by atoms with Crippen LogP contribution >= 0.6 is 23.6 Å². The SMILES string of the molecule is COC(=O)C1=C(C)N(C)C(=S)N[C@@H]1c1ccccc1OC(=O)c1cccs1. The molecule has 1 aromatic heterocycles. The molecule has 2 aromatic rings. The summed E-state index contributed by atoms with van der Waals surface area (Å²) in [7, 11) is 3.10. The first-order chi connectivity index (χ1) is 12.9. The zero-order valence-corrected chi connectivity index (χ0v) is 16.6. The van der Waals surface area contributed by atoms with Crippen molar-refractivity contribution in [3.8, 4) is 5.75 Å². The van der Waals surface area contributed by atoms with Crippen LogP contribution < -0.4 is 10.1 Å². The van der Waals surface area contributed by atoms with Crippen molar-refractivity contribution in [2.75, 3.05) is 14.2 Å². The van der Waals surface area contributed by atoms with E-state index >= 15 is 0 Å². The van der Waals surface area contributed by atoms with Gasteiger partial charge in [0.1, 0.15) is 10.6 Å². The van der Waals surface area contributed by atoms with Crippen molar-refractivity contribution in [2.45, 2.75) is 13.0 Å². The lowest BCUT2D eigenvalue weighted by Gasteiger charge is -2.35. The molecule has 1 aliphatic heterocycles. The van der Waals surface area contributed by atoms with E-state index < -0.39 is 18.0 Å². The predicted octanol–water partition coefficient (Wildman–Crippen LogP) is 3.28. The Kier molecular flexibility index (Phi) is 5.57. The van der Waals surface area contributed by atoms with E-state index in [0.717, 1.165) is 0 Å². The zero-order valence-electron chi connectivity index (χ0n) is 15.0. The number of hydrogen-bond acceptors (Lipinski definition) is 6. The Bertz CT molecular complexity index is 922. The van der Waals surface area contributed by atoms with E-state index in [1.165, 1.54) is 18.4 Å². The maximum absolute atomic E-state index is 12.4. The zero-order chi connectivity index (χ0) is 19.6. The lowest BCUT2D eigenvalue weighted by atomic mass is 9.94. The maximum atomic E-state index is 12.4. The van der Waals surface area contributed by atoms with E-state index in [4.69, 9.17) is 21.7 Å². The number of nitrogens with one attached hydrogen (secondary N) is 1. The van der Waals surface area contributed by atoms with Gasteiger partial charge in [0.25, 0.3) is 0 Å². The van der Waals surface area contributed by atoms with Crippen LogP contribution in [0.5, 0.6) is 5.75 Å². The first-order valence-electron chi connectivity index (χ1n) is 8.12. The van der Waals surface area contributed by atoms with E-state index in [2.05, 4.69) is 5.32 Å². The van der Waals surface area contributed by atoms with Crippen LogP contribution in [-0.4, -0.2) is 36.1 Å². The molecule has 0 fully saturated rings. The van der Waals surface area contributed by atoms with Crippen molar-refractivity contribution < 1.29 is 19.1 Å². The fourth-order valence-corrected chi connectivity index (χ4v) is 3.65. The second kappa shape index (κ2) is 7.89. The molecule has 1 N–H and O–H groups in total. The number of esters is 2. The third-order valence-corrected chi connectivity index (χ3v) is 5.56. The van der Waals surface area contributed by atoms with E-state index in [1.807, 2.05) is 6.07 Å². The van der Waals surface area contributed by atoms with Crippen LogP contribution in [0, 0.1) is 0 Å². The molecule has 6 nitrogen and oxygen atoms in total. The van der Waals surface area contributed by atoms with Gasteiger partial charge in [-0.2, -0.15) is 0 Å². The monoisotopic (exact) mass is 402 g/mol. The van der Waals surface area contributed by atoms with E-state index in [1.54, 1.807) is 54.6 Å². The standard InChI is InChI=1S/C19H18N2O4S2/c1-11-15(18(23)24-3)16(20-19(26)21(11)2)12-7-4-5-8-13(12)25-17(22)14-9-6-10-27-14/h4-10,16H,1-3H3,(H,20,26)/t16-/m1/s1. The first kappa shape index (κ1) is 19.1. The summed E-state index contributed by atoms with van der Waals surface area (Å²) in [5.74, 6) is -0.568. The number of allylic oxidation sites excluding steroid dienone is 1. The summed E-state index contributed by atoms with van der Waals surface area (Å²) in [4.78, 5) is 27.0. The lowest BCUT2D eigenvalue weighted by Crippen LogP contribution is -2.46. The van der Waals surface area contributed by atoms with Gasteiger partial charge in [0, 0.05) is 18.3 Å². The van der Waals surface area contributed by atoms with Crippen molar-refractivity contribution in [3.63, 3.8) is 0 Å². The van der Waals surface area contributed by atoms with Crippen molar-refractivity contribution in [3.05, 3.63) is 63.5 Å². The Labute approximate surface area is 166 Å². The molecule has 140 valence electrons. The van der Waals surface area contributed by atoms with Crippen LogP contribution in [0.2, 0.25) is 0 Å². The molecule has 0 amide bonds. The average molecular weight is 402 g/mol. The highest BCUT2D eigenvalue weighted by molar-refractivity contribution is 7.80. The highest BCUT2D eigenvalue weighted by Crippen LogP contribution is 2.35. The Hall–Kier alpha value is -2.71. The molecule has 0 bridgehead atoms. The number of benzene rings is 1. The molecule has 0 radical (unpaired) electrons. The summed E-state index contributed by atoms with van der Waals surface area (Å²) < 4.78 is 10.6. The summed E-state index contributed by atoms with van der Waals surface area (Å²) >= 11 is 6.68. The molecular weight excluding hydrogens is 384 g/mol. The fraction of sp³-hybridized carbons (Fsp3) is 0.211. The van der Waals surface area contributed by atoms with Gasteiger partial charge in [-0.1, -0.05) is 24.3 Å². The molecule has 0 saturated heterocycles. The van der Waals surface area contributed by atoms with Crippen LogP contribution in [0.15, 0.2) is 53.0 Å². The highest BCUT2D eigenvalue weighted by atomic mass is 32.1. The van der Waals surface area contributed by atoms with Gasteiger partial charge in [0.2, 0.25) is 0 Å². The number of thiophene rings is 1. The number of carbonyl (C=O) groups is 2. The second-order valence-electron chi connectivity index (χ2n) is 5.84. The summed E-state index contributed by atoms with van der Waals surface area (Å²) in [5, 5.41) is 5.41. The lowest BCUT2D eigenvalue weighted by molar-refractivity contribution is -0.136. The number of thiocarbonyl (C=S) groups is 1. The fourth-order valence-electron chi connectivity index (χ4n) is 2.80. The number of ether oxygens (including phenoxy) is 2. The molecule has 2 heterocycles. The number of carbonyl (C=O) groups excluding carboxylic acids is 2. The van der Waals surface area contributed by atoms with E-state index in [-0.39, 0.29) is 0 Å². The van der Waals surface area contributed by atoms with Gasteiger partial charge >= 0.3 is 11.9 Å². The molecule has 8 heteroatoms. The molecule has 3 rings (SSSR count). The van der Waals surface area contributed by atoms with Crippen molar-refractivity contribution >= 4 is 40.6 Å². The van der Waals surface area contributed by atoms with Crippen LogP contribution in [0.4, 0.5) is 0 Å². The number of para-hydroxylation sites is 1. The minimum atomic E-state index is -0.589. The third-order valence-electron chi connectivity index (χ3n) is 4.31. The summed E-state index contributed by atoms with van der Waals surface area (Å²) in [6.45, 7) is 1.80. The molecule has 1 atom stereocenters. The Morgan fingerprint density at radius 2 is 1.93 bits per heavy atom. The molecule has 27 heavy (non-hydrogen) atoms. The number of methoxy groups -OCH3 is 1. The largest absolute Gasteiger partial charge is 0.466 e. The first-order valence-corrected chi connectivity index (χ1v) is 9.40. The van der Waals surface area contributed by atoms with Crippen LogP contribution in [0.3, 0.4) is 0 Å². The minimum Gasteiger partial charge on any atom is -0.466 e. The number of rotatable bonds is 4. The average Bonchev–Trinajstić information content (AvgIpc) is 3.21. The highest BCUT2D eigenvalue weighted by Gasteiger charge is 2.35. The van der Waals surface area contributed by atoms with Gasteiger partial charge in [-0.3, -0.25) is 0 Å². The van der Waals surface area contributed by atoms with Gasteiger partial charge < -0.3 is 19.7 Å². The van der Waals surface area contributed by atoms with Crippen LogP contribution in [-0.2, 0) is 9.53 Å². The Balaban J connectivity index is 2.03. The van der Waals surface area contributed by atoms with Gasteiger partial charge in [0.15, 0.2) is 5.11 Å². The van der Waals surface area contributed by atoms with Crippen LogP contribution in [0.1, 0.15) is 28.2 Å². The van der Waals surface area contributed by atoms with Gasteiger partial charge in [-0.25, -0.2) is 9.59 Å². The van der Waals surface area contributed by atoms with Crippen molar-refractivity contribution in [2.24, 2.45) is 0 Å². The number of hydrogen-bond donors (Lipinski definition) is 1. The molecule has 0 spiro atoms. The molecule has 1 aliphatic rings. The normalized spacial score (nSPS) is 16.8. The topological polar surface area (TPSA) is 67.9 Å². The third kappa shape index (κ3) is 3.72. The van der Waals surface area contributed by atoms with Gasteiger partial charge in [0.05, 0.1) is 18.7 Å².